The third kappa shape index (κ3) is 2.94. The molecule has 1 aromatic heterocycles. The van der Waals surface area contributed by atoms with Crippen molar-refractivity contribution in [2.75, 3.05) is 11.9 Å². The summed E-state index contributed by atoms with van der Waals surface area (Å²) in [6.07, 6.45) is 0.903. The molecule has 0 saturated heterocycles. The van der Waals surface area contributed by atoms with Crippen LogP contribution in [0.2, 0.25) is 0 Å². The van der Waals surface area contributed by atoms with Crippen LogP contribution in [-0.4, -0.2) is 17.6 Å². The average molecular weight is 333 g/mol. The van der Waals surface area contributed by atoms with Crippen molar-refractivity contribution in [3.05, 3.63) is 71.0 Å². The van der Waals surface area contributed by atoms with Crippen molar-refractivity contribution in [3.63, 3.8) is 0 Å². The Morgan fingerprint density at radius 2 is 2.00 bits per heavy atom. The topological polar surface area (TPSA) is 67.2 Å². The number of hydrogen-bond donors (Lipinski definition) is 2. The van der Waals surface area contributed by atoms with Crippen LogP contribution in [0.3, 0.4) is 0 Å². The number of carbonyl (C=O) groups excluding carboxylic acids is 1. The Morgan fingerprint density at radius 1 is 1.16 bits per heavy atom. The molecule has 0 radical (unpaired) electrons. The number of amides is 1. The summed E-state index contributed by atoms with van der Waals surface area (Å²) >= 11 is 0. The highest BCUT2D eigenvalue weighted by atomic mass is 16.5. The van der Waals surface area contributed by atoms with Gasteiger partial charge in [-0.15, -0.1) is 0 Å². The van der Waals surface area contributed by atoms with Gasteiger partial charge in [-0.05, 0) is 37.1 Å². The predicted molar refractivity (Wildman–Crippen MR) is 96.5 cm³/mol. The lowest BCUT2D eigenvalue weighted by Gasteiger charge is -2.20. The number of nitrogens with zero attached hydrogens (tertiary/aromatic N) is 1. The molecule has 2 heterocycles. The van der Waals surface area contributed by atoms with Crippen molar-refractivity contribution in [2.45, 2.75) is 19.9 Å². The highest BCUT2D eigenvalue weighted by Gasteiger charge is 2.23. The number of anilines is 1. The highest BCUT2D eigenvalue weighted by molar-refractivity contribution is 6.09. The molecule has 0 unspecified atom stereocenters. The summed E-state index contributed by atoms with van der Waals surface area (Å²) in [6.45, 7) is 3.51. The zero-order chi connectivity index (χ0) is 17.2. The lowest BCUT2D eigenvalue weighted by Crippen LogP contribution is -2.25. The maximum Gasteiger partial charge on any atom is 0.261 e. The van der Waals surface area contributed by atoms with E-state index in [-0.39, 0.29) is 5.91 Å². The Morgan fingerprint density at radius 3 is 2.84 bits per heavy atom. The number of fused-ring (bicyclic) bond motifs is 1. The van der Waals surface area contributed by atoms with Crippen molar-refractivity contribution in [1.29, 1.82) is 0 Å². The zero-order valence-electron chi connectivity index (χ0n) is 14.0. The number of rotatable bonds is 3. The highest BCUT2D eigenvalue weighted by Crippen LogP contribution is 2.28. The van der Waals surface area contributed by atoms with Gasteiger partial charge in [0.2, 0.25) is 0 Å². The molecule has 0 bridgehead atoms. The number of benzene rings is 2. The molecule has 0 aliphatic carbocycles. The molecular weight excluding hydrogens is 314 g/mol. The van der Waals surface area contributed by atoms with E-state index in [9.17, 15) is 4.79 Å². The van der Waals surface area contributed by atoms with Crippen molar-refractivity contribution in [1.82, 2.24) is 10.5 Å². The first-order valence-electron chi connectivity index (χ1n) is 8.38. The van der Waals surface area contributed by atoms with E-state index in [1.165, 1.54) is 11.1 Å². The summed E-state index contributed by atoms with van der Waals surface area (Å²) in [6, 6.07) is 15.6. The van der Waals surface area contributed by atoms with E-state index < -0.39 is 0 Å². The molecule has 0 atom stereocenters. The molecule has 1 amide bonds. The molecule has 3 aromatic rings. The second-order valence-corrected chi connectivity index (χ2v) is 6.15. The molecule has 2 aromatic carbocycles. The summed E-state index contributed by atoms with van der Waals surface area (Å²) in [5.74, 6) is 0.326. The molecule has 0 spiro atoms. The largest absolute Gasteiger partial charge is 0.360 e. The zero-order valence-corrected chi connectivity index (χ0v) is 14.0. The van der Waals surface area contributed by atoms with Gasteiger partial charge in [0.15, 0.2) is 0 Å². The molecular formula is C20H19N3O2. The van der Waals surface area contributed by atoms with Gasteiger partial charge in [-0.3, -0.25) is 4.79 Å². The van der Waals surface area contributed by atoms with Gasteiger partial charge in [0, 0.05) is 17.8 Å². The molecule has 5 heteroatoms. The standard InChI is InChI=1S/C20H19N3O2/c1-13-18(19(23-25-13)14-6-3-2-4-7-14)20(24)22-17-9-5-8-15-12-21-11-10-16(15)17/h2-9,21H,10-12H2,1H3,(H,22,24). The van der Waals surface area contributed by atoms with E-state index in [0.717, 1.165) is 30.8 Å². The summed E-state index contributed by atoms with van der Waals surface area (Å²) < 4.78 is 5.30. The fourth-order valence-corrected chi connectivity index (χ4v) is 3.27. The molecule has 5 nitrogen and oxygen atoms in total. The van der Waals surface area contributed by atoms with Crippen molar-refractivity contribution < 1.29 is 9.32 Å². The third-order valence-corrected chi connectivity index (χ3v) is 4.53. The maximum atomic E-state index is 12.9. The quantitative estimate of drug-likeness (QED) is 0.769. The van der Waals surface area contributed by atoms with Crippen molar-refractivity contribution in [2.24, 2.45) is 0 Å². The van der Waals surface area contributed by atoms with E-state index >= 15 is 0 Å². The number of nitrogens with one attached hydrogen (secondary N) is 2. The van der Waals surface area contributed by atoms with Gasteiger partial charge in [0.05, 0.1) is 0 Å². The van der Waals surface area contributed by atoms with Gasteiger partial charge in [-0.2, -0.15) is 0 Å². The number of aromatic nitrogens is 1. The fraction of sp³-hybridized carbons (Fsp3) is 0.200. The van der Waals surface area contributed by atoms with Gasteiger partial charge in [0.25, 0.3) is 5.91 Å². The second kappa shape index (κ2) is 6.53. The Bertz CT molecular complexity index is 916. The normalized spacial score (nSPS) is 13.3. The average Bonchev–Trinajstić information content (AvgIpc) is 3.04. The van der Waals surface area contributed by atoms with E-state index in [2.05, 4.69) is 21.9 Å². The first-order valence-corrected chi connectivity index (χ1v) is 8.38. The minimum Gasteiger partial charge on any atom is -0.360 e. The van der Waals surface area contributed by atoms with Gasteiger partial charge < -0.3 is 15.2 Å². The lowest BCUT2D eigenvalue weighted by atomic mass is 9.98. The lowest BCUT2D eigenvalue weighted by molar-refractivity contribution is 0.102. The Labute approximate surface area is 146 Å². The second-order valence-electron chi connectivity index (χ2n) is 6.15. The summed E-state index contributed by atoms with van der Waals surface area (Å²) in [5, 5.41) is 10.5. The Hall–Kier alpha value is -2.92. The molecule has 2 N–H and O–H groups in total. The summed E-state index contributed by atoms with van der Waals surface area (Å²) in [5.41, 5.74) is 5.21. The fourth-order valence-electron chi connectivity index (χ4n) is 3.27. The van der Waals surface area contributed by atoms with Crippen LogP contribution in [0.5, 0.6) is 0 Å². The van der Waals surface area contributed by atoms with Gasteiger partial charge in [0.1, 0.15) is 17.0 Å². The van der Waals surface area contributed by atoms with Crippen LogP contribution in [0.4, 0.5) is 5.69 Å². The van der Waals surface area contributed by atoms with E-state index in [1.807, 2.05) is 42.5 Å². The molecule has 1 aliphatic rings. The number of carbonyl (C=O) groups is 1. The van der Waals surface area contributed by atoms with Crippen LogP contribution < -0.4 is 10.6 Å². The maximum absolute atomic E-state index is 12.9. The molecule has 0 saturated carbocycles. The van der Waals surface area contributed by atoms with Gasteiger partial charge in [-0.1, -0.05) is 47.6 Å². The molecule has 25 heavy (non-hydrogen) atoms. The van der Waals surface area contributed by atoms with Crippen LogP contribution in [0, 0.1) is 6.92 Å². The van der Waals surface area contributed by atoms with Crippen LogP contribution in [0.1, 0.15) is 27.2 Å². The van der Waals surface area contributed by atoms with Crippen molar-refractivity contribution in [3.8, 4) is 11.3 Å². The van der Waals surface area contributed by atoms with E-state index in [0.29, 0.717) is 17.0 Å². The molecule has 126 valence electrons. The molecule has 1 aliphatic heterocycles. The van der Waals surface area contributed by atoms with Gasteiger partial charge in [-0.25, -0.2) is 0 Å². The monoisotopic (exact) mass is 333 g/mol. The van der Waals surface area contributed by atoms with Gasteiger partial charge >= 0.3 is 0 Å². The Kier molecular flexibility index (Phi) is 4.07. The van der Waals surface area contributed by atoms with E-state index in [4.69, 9.17) is 4.52 Å². The van der Waals surface area contributed by atoms with Crippen LogP contribution >= 0.6 is 0 Å². The first-order chi connectivity index (χ1) is 12.2. The number of aryl methyl sites for hydroxylation is 1. The Balaban J connectivity index is 1.68. The van der Waals surface area contributed by atoms with E-state index in [1.54, 1.807) is 6.92 Å². The SMILES string of the molecule is Cc1onc(-c2ccccc2)c1C(=O)Nc1cccc2c1CCNC2. The smallest absolute Gasteiger partial charge is 0.261 e. The predicted octanol–water partition coefficient (Wildman–Crippen LogP) is 3.55. The summed E-state index contributed by atoms with van der Waals surface area (Å²) in [7, 11) is 0. The first kappa shape index (κ1) is 15.6. The number of hydrogen-bond acceptors (Lipinski definition) is 4. The molecule has 4 rings (SSSR count). The summed E-state index contributed by atoms with van der Waals surface area (Å²) in [4.78, 5) is 12.9. The van der Waals surface area contributed by atoms with Crippen LogP contribution in [0.15, 0.2) is 53.1 Å². The van der Waals surface area contributed by atoms with Crippen LogP contribution in [-0.2, 0) is 13.0 Å². The van der Waals surface area contributed by atoms with Crippen molar-refractivity contribution >= 4 is 11.6 Å². The van der Waals surface area contributed by atoms with Crippen LogP contribution in [0.25, 0.3) is 11.3 Å². The minimum atomic E-state index is -0.190. The third-order valence-electron chi connectivity index (χ3n) is 4.53. The minimum absolute atomic E-state index is 0.190. The molecule has 0 fully saturated rings.